The predicted octanol–water partition coefficient (Wildman–Crippen LogP) is -0.565. The average Bonchev–Trinajstić information content (AvgIpc) is 2.19. The Bertz CT molecular complexity index is 444. The molecule has 0 aromatic heterocycles. The summed E-state index contributed by atoms with van der Waals surface area (Å²) in [5, 5.41) is 11.5. The molecule has 6 nitrogen and oxygen atoms in total. The lowest BCUT2D eigenvalue weighted by Crippen LogP contribution is -2.36. The van der Waals surface area contributed by atoms with Gasteiger partial charge in [0.1, 0.15) is 5.75 Å². The lowest BCUT2D eigenvalue weighted by Gasteiger charge is -2.22. The van der Waals surface area contributed by atoms with Crippen LogP contribution in [0.15, 0.2) is 18.2 Å². The summed E-state index contributed by atoms with van der Waals surface area (Å²) in [6.45, 7) is 0. The Hall–Kier alpha value is -2.08. The van der Waals surface area contributed by atoms with Gasteiger partial charge < -0.3 is 20.9 Å². The minimum atomic E-state index is -1.52. The number of primary amides is 1. The average molecular weight is 208 g/mol. The maximum Gasteiger partial charge on any atom is 0.293 e. The van der Waals surface area contributed by atoms with E-state index in [1.165, 1.54) is 18.2 Å². The number of carbonyl (C=O) groups is 2. The lowest BCUT2D eigenvalue weighted by molar-refractivity contribution is -0.139. The Morgan fingerprint density at radius 3 is 2.93 bits per heavy atom. The first-order valence-electron chi connectivity index (χ1n) is 4.17. The number of nitrogens with one attached hydrogen (secondary N) is 1. The normalized spacial score (nSPS) is 18.7. The molecule has 15 heavy (non-hydrogen) atoms. The van der Waals surface area contributed by atoms with Crippen molar-refractivity contribution in [1.29, 1.82) is 0 Å². The van der Waals surface area contributed by atoms with Gasteiger partial charge in [-0.1, -0.05) is 0 Å². The highest BCUT2D eigenvalue weighted by Crippen LogP contribution is 2.29. The molecule has 1 aliphatic rings. The molecule has 0 aliphatic carbocycles. The SMILES string of the molecule is NC(=O)c1ccc2c(c1)NC(=O)C(O)O2. The summed E-state index contributed by atoms with van der Waals surface area (Å²) in [7, 11) is 0. The van der Waals surface area contributed by atoms with Crippen molar-refractivity contribution in [3.8, 4) is 5.75 Å². The van der Waals surface area contributed by atoms with Crippen LogP contribution in [0.4, 0.5) is 5.69 Å². The molecule has 1 aliphatic heterocycles. The van der Waals surface area contributed by atoms with Gasteiger partial charge in [-0.25, -0.2) is 0 Å². The van der Waals surface area contributed by atoms with E-state index in [0.717, 1.165) is 0 Å². The van der Waals surface area contributed by atoms with Gasteiger partial charge >= 0.3 is 0 Å². The highest BCUT2D eigenvalue weighted by Gasteiger charge is 2.25. The molecular formula is C9H8N2O4. The zero-order chi connectivity index (χ0) is 11.0. The monoisotopic (exact) mass is 208 g/mol. The molecule has 2 rings (SSSR count). The zero-order valence-corrected chi connectivity index (χ0v) is 7.56. The van der Waals surface area contributed by atoms with E-state index in [2.05, 4.69) is 5.32 Å². The molecule has 1 unspecified atom stereocenters. The number of hydrogen-bond acceptors (Lipinski definition) is 4. The highest BCUT2D eigenvalue weighted by molar-refractivity contribution is 5.99. The van der Waals surface area contributed by atoms with Crippen LogP contribution in [0, 0.1) is 0 Å². The summed E-state index contributed by atoms with van der Waals surface area (Å²) in [5.41, 5.74) is 5.65. The lowest BCUT2D eigenvalue weighted by atomic mass is 10.1. The molecule has 2 amide bonds. The Balaban J connectivity index is 2.41. The van der Waals surface area contributed by atoms with Crippen LogP contribution in [0.25, 0.3) is 0 Å². The quantitative estimate of drug-likeness (QED) is 0.575. The van der Waals surface area contributed by atoms with Crippen LogP contribution in [0.1, 0.15) is 10.4 Å². The van der Waals surface area contributed by atoms with E-state index < -0.39 is 18.1 Å². The van der Waals surface area contributed by atoms with Crippen molar-refractivity contribution >= 4 is 17.5 Å². The van der Waals surface area contributed by atoms with Gasteiger partial charge in [0.15, 0.2) is 0 Å². The molecule has 0 fully saturated rings. The Labute approximate surface area is 84.6 Å². The molecule has 78 valence electrons. The van der Waals surface area contributed by atoms with E-state index in [-0.39, 0.29) is 5.56 Å². The highest BCUT2D eigenvalue weighted by atomic mass is 16.6. The topological polar surface area (TPSA) is 102 Å². The van der Waals surface area contributed by atoms with Crippen LogP contribution >= 0.6 is 0 Å². The number of benzene rings is 1. The molecule has 6 heteroatoms. The number of nitrogens with two attached hydrogens (primary N) is 1. The smallest absolute Gasteiger partial charge is 0.293 e. The van der Waals surface area contributed by atoms with Crippen molar-refractivity contribution in [2.24, 2.45) is 5.73 Å². The fourth-order valence-electron chi connectivity index (χ4n) is 1.25. The van der Waals surface area contributed by atoms with E-state index in [9.17, 15) is 9.59 Å². The van der Waals surface area contributed by atoms with Crippen molar-refractivity contribution in [1.82, 2.24) is 0 Å². The molecule has 1 heterocycles. The zero-order valence-electron chi connectivity index (χ0n) is 7.56. The summed E-state index contributed by atoms with van der Waals surface area (Å²) in [5.74, 6) is -0.977. The van der Waals surface area contributed by atoms with Crippen LogP contribution in [-0.2, 0) is 4.79 Å². The van der Waals surface area contributed by atoms with Crippen LogP contribution in [0.3, 0.4) is 0 Å². The van der Waals surface area contributed by atoms with Gasteiger partial charge in [-0.05, 0) is 18.2 Å². The van der Waals surface area contributed by atoms with E-state index in [4.69, 9.17) is 15.6 Å². The van der Waals surface area contributed by atoms with Crippen molar-refractivity contribution in [3.63, 3.8) is 0 Å². The summed E-state index contributed by atoms with van der Waals surface area (Å²) in [6, 6.07) is 4.30. The maximum atomic E-state index is 11.0. The van der Waals surface area contributed by atoms with Crippen molar-refractivity contribution < 1.29 is 19.4 Å². The Kier molecular flexibility index (Phi) is 2.05. The van der Waals surface area contributed by atoms with Gasteiger partial charge in [-0.3, -0.25) is 9.59 Å². The van der Waals surface area contributed by atoms with E-state index in [0.29, 0.717) is 11.4 Å². The summed E-state index contributed by atoms with van der Waals surface area (Å²) < 4.78 is 4.87. The van der Waals surface area contributed by atoms with Crippen LogP contribution in [0.2, 0.25) is 0 Å². The Morgan fingerprint density at radius 2 is 2.27 bits per heavy atom. The van der Waals surface area contributed by atoms with Gasteiger partial charge in [0.25, 0.3) is 12.2 Å². The molecule has 1 aromatic carbocycles. The molecular weight excluding hydrogens is 200 g/mol. The fraction of sp³-hybridized carbons (Fsp3) is 0.111. The molecule has 1 atom stereocenters. The van der Waals surface area contributed by atoms with Gasteiger partial charge in [0.05, 0.1) is 5.69 Å². The van der Waals surface area contributed by atoms with Gasteiger partial charge in [-0.15, -0.1) is 0 Å². The standard InChI is InChI=1S/C9H8N2O4/c10-7(12)4-1-2-6-5(3-4)11-8(13)9(14)15-6/h1-3,9,14H,(H2,10,12)(H,11,13). The number of aliphatic hydroxyl groups is 1. The van der Waals surface area contributed by atoms with Gasteiger partial charge in [-0.2, -0.15) is 0 Å². The number of carbonyl (C=O) groups excluding carboxylic acids is 2. The van der Waals surface area contributed by atoms with E-state index >= 15 is 0 Å². The number of anilines is 1. The second kappa shape index (κ2) is 3.25. The summed E-state index contributed by atoms with van der Waals surface area (Å²) in [6.07, 6.45) is -1.52. The first kappa shape index (κ1) is 9.47. The molecule has 0 bridgehead atoms. The van der Waals surface area contributed by atoms with Crippen molar-refractivity contribution in [2.45, 2.75) is 6.29 Å². The number of ether oxygens (including phenoxy) is 1. The van der Waals surface area contributed by atoms with Crippen LogP contribution in [-0.4, -0.2) is 23.2 Å². The van der Waals surface area contributed by atoms with Crippen LogP contribution in [0.5, 0.6) is 5.75 Å². The van der Waals surface area contributed by atoms with Crippen molar-refractivity contribution in [3.05, 3.63) is 23.8 Å². The Morgan fingerprint density at radius 1 is 1.53 bits per heavy atom. The third kappa shape index (κ3) is 1.62. The molecule has 0 saturated heterocycles. The van der Waals surface area contributed by atoms with Gasteiger partial charge in [0, 0.05) is 5.56 Å². The third-order valence-electron chi connectivity index (χ3n) is 1.98. The first-order valence-corrected chi connectivity index (χ1v) is 4.17. The molecule has 4 N–H and O–H groups in total. The number of fused-ring (bicyclic) bond motifs is 1. The molecule has 0 radical (unpaired) electrons. The number of amides is 2. The second-order valence-electron chi connectivity index (χ2n) is 3.03. The first-order chi connectivity index (χ1) is 7.08. The largest absolute Gasteiger partial charge is 0.453 e. The summed E-state index contributed by atoms with van der Waals surface area (Å²) >= 11 is 0. The number of rotatable bonds is 1. The predicted molar refractivity (Wildman–Crippen MR) is 50.2 cm³/mol. The van der Waals surface area contributed by atoms with Crippen molar-refractivity contribution in [2.75, 3.05) is 5.32 Å². The van der Waals surface area contributed by atoms with Gasteiger partial charge in [0.2, 0.25) is 5.91 Å². The van der Waals surface area contributed by atoms with E-state index in [1.54, 1.807) is 0 Å². The summed E-state index contributed by atoms with van der Waals surface area (Å²) in [4.78, 5) is 21.9. The molecule has 0 spiro atoms. The second-order valence-corrected chi connectivity index (χ2v) is 3.03. The minimum Gasteiger partial charge on any atom is -0.453 e. The molecule has 1 aromatic rings. The van der Waals surface area contributed by atoms with Crippen LogP contribution < -0.4 is 15.8 Å². The minimum absolute atomic E-state index is 0.258. The van der Waals surface area contributed by atoms with E-state index in [1.807, 2.05) is 0 Å². The third-order valence-corrected chi connectivity index (χ3v) is 1.98. The number of hydrogen-bond donors (Lipinski definition) is 3. The fourth-order valence-corrected chi connectivity index (χ4v) is 1.25. The number of aliphatic hydroxyl groups excluding tert-OH is 1. The molecule has 0 saturated carbocycles. The maximum absolute atomic E-state index is 11.0.